The maximum absolute atomic E-state index is 13.2. The van der Waals surface area contributed by atoms with Gasteiger partial charge in [0, 0.05) is 29.4 Å². The Balaban J connectivity index is 0.000000540. The fourth-order valence-electron chi connectivity index (χ4n) is 3.56. The number of carbonyl (C=O) groups is 1. The summed E-state index contributed by atoms with van der Waals surface area (Å²) in [5, 5.41) is 18.5. The highest BCUT2D eigenvalue weighted by Gasteiger charge is 2.38. The molecule has 0 saturated heterocycles. The molecule has 1 aromatic heterocycles. The number of aliphatic carboxylic acids is 1. The van der Waals surface area contributed by atoms with Crippen LogP contribution in [0.2, 0.25) is 0 Å². The van der Waals surface area contributed by atoms with Gasteiger partial charge in [-0.25, -0.2) is 4.79 Å². The van der Waals surface area contributed by atoms with E-state index in [2.05, 4.69) is 24.8 Å². The molecule has 0 unspecified atom stereocenters. The van der Waals surface area contributed by atoms with Gasteiger partial charge in [-0.3, -0.25) is 9.36 Å². The summed E-state index contributed by atoms with van der Waals surface area (Å²) < 4.78 is 38.7. The van der Waals surface area contributed by atoms with Crippen molar-refractivity contribution in [1.82, 2.24) is 9.47 Å². The summed E-state index contributed by atoms with van der Waals surface area (Å²) in [6.45, 7) is 7.20. The number of methoxy groups -OCH3 is 1. The summed E-state index contributed by atoms with van der Waals surface area (Å²) in [4.78, 5) is 24.4. The third kappa shape index (κ3) is 6.61. The molecule has 0 atom stereocenters. The van der Waals surface area contributed by atoms with Crippen LogP contribution in [0.15, 0.2) is 53.3 Å². The van der Waals surface area contributed by atoms with Crippen LogP contribution < -0.4 is 10.3 Å². The van der Waals surface area contributed by atoms with Crippen molar-refractivity contribution in [3.63, 3.8) is 0 Å². The second kappa shape index (κ2) is 12.0. The number of halogens is 3. The number of ether oxygens (including phenoxy) is 1. The third-order valence-electron chi connectivity index (χ3n) is 5.42. The average Bonchev–Trinajstić information content (AvgIpc) is 2.85. The minimum absolute atomic E-state index is 0.138. The fourth-order valence-corrected chi connectivity index (χ4v) is 3.56. The van der Waals surface area contributed by atoms with Crippen molar-refractivity contribution in [2.45, 2.75) is 26.6 Å². The molecule has 1 heterocycles. The van der Waals surface area contributed by atoms with Crippen LogP contribution in [-0.2, 0) is 11.3 Å². The summed E-state index contributed by atoms with van der Waals surface area (Å²) in [5.41, 5.74) is 1.94. The molecule has 3 rings (SSSR count). The lowest BCUT2D eigenvalue weighted by Gasteiger charge is -2.21. The molecular formula is C25H26F3N3O4. The molecule has 7 nitrogen and oxygen atoms in total. The van der Waals surface area contributed by atoms with Crippen molar-refractivity contribution in [2.24, 2.45) is 0 Å². The number of carboxylic acid groups (broad SMARTS) is 1. The lowest BCUT2D eigenvalue weighted by Crippen LogP contribution is -2.32. The Kier molecular flexibility index (Phi) is 9.42. The van der Waals surface area contributed by atoms with Gasteiger partial charge in [0.15, 0.2) is 0 Å². The zero-order valence-corrected chi connectivity index (χ0v) is 19.6. The molecular weight excluding hydrogens is 463 g/mol. The zero-order valence-electron chi connectivity index (χ0n) is 19.6. The van der Waals surface area contributed by atoms with Gasteiger partial charge in [-0.15, -0.1) is 0 Å². The van der Waals surface area contributed by atoms with Crippen LogP contribution in [0.4, 0.5) is 13.2 Å². The summed E-state index contributed by atoms with van der Waals surface area (Å²) in [6, 6.07) is 17.5. The van der Waals surface area contributed by atoms with Gasteiger partial charge in [0.1, 0.15) is 17.5 Å². The number of fused-ring (bicyclic) bond motifs is 1. The first kappa shape index (κ1) is 27.4. The number of nitriles is 1. The van der Waals surface area contributed by atoms with E-state index in [9.17, 15) is 23.2 Å². The van der Waals surface area contributed by atoms with Gasteiger partial charge in [0.2, 0.25) is 0 Å². The molecule has 1 N–H and O–H groups in total. The number of hydrogen-bond acceptors (Lipinski definition) is 5. The van der Waals surface area contributed by atoms with Crippen LogP contribution in [0.3, 0.4) is 0 Å². The highest BCUT2D eigenvalue weighted by atomic mass is 19.4. The van der Waals surface area contributed by atoms with Crippen molar-refractivity contribution >= 4 is 16.7 Å². The van der Waals surface area contributed by atoms with Gasteiger partial charge in [0.25, 0.3) is 5.56 Å². The van der Waals surface area contributed by atoms with Crippen LogP contribution in [0, 0.1) is 11.3 Å². The van der Waals surface area contributed by atoms with E-state index in [1.807, 2.05) is 36.4 Å². The lowest BCUT2D eigenvalue weighted by molar-refractivity contribution is -0.192. The van der Waals surface area contributed by atoms with Gasteiger partial charge in [-0.05, 0) is 36.9 Å². The Morgan fingerprint density at radius 3 is 2.20 bits per heavy atom. The van der Waals surface area contributed by atoms with Crippen molar-refractivity contribution < 1.29 is 27.8 Å². The number of likely N-dealkylation sites (N-methyl/N-ethyl adjacent to an activating group) is 1. The van der Waals surface area contributed by atoms with Crippen LogP contribution in [0.25, 0.3) is 21.9 Å². The number of carboxylic acids is 1. The Hall–Kier alpha value is -3.84. The second-order valence-electron chi connectivity index (χ2n) is 7.40. The van der Waals surface area contributed by atoms with E-state index >= 15 is 0 Å². The van der Waals surface area contributed by atoms with Gasteiger partial charge in [-0.2, -0.15) is 18.4 Å². The number of rotatable bonds is 7. The van der Waals surface area contributed by atoms with E-state index in [-0.39, 0.29) is 5.56 Å². The molecule has 0 spiro atoms. The van der Waals surface area contributed by atoms with Crippen LogP contribution in [-0.4, -0.2) is 53.5 Å². The molecule has 35 heavy (non-hydrogen) atoms. The minimum atomic E-state index is -5.08. The molecule has 0 aliphatic carbocycles. The van der Waals surface area contributed by atoms with Gasteiger partial charge in [0.05, 0.1) is 7.11 Å². The largest absolute Gasteiger partial charge is 0.497 e. The number of aromatic nitrogens is 1. The van der Waals surface area contributed by atoms with Crippen LogP contribution in [0.5, 0.6) is 5.75 Å². The fraction of sp³-hybridized carbons (Fsp3) is 0.320. The summed E-state index contributed by atoms with van der Waals surface area (Å²) in [7, 11) is 1.60. The molecule has 0 aliphatic rings. The Labute approximate surface area is 200 Å². The zero-order chi connectivity index (χ0) is 26.2. The standard InChI is InChI=1S/C23H25N3O2.C2HF3O2/c1-4-25(5-2)13-14-26-21(16-24)22(17-9-7-6-8-10-17)20-15-18(28-3)11-12-19(20)23(26)27;3-2(4,5)1(6)7/h6-12,15H,4-5,13-14H2,1-3H3;(H,6,7). The summed E-state index contributed by atoms with van der Waals surface area (Å²) in [6.07, 6.45) is -5.08. The van der Waals surface area contributed by atoms with E-state index < -0.39 is 12.1 Å². The highest BCUT2D eigenvalue weighted by Crippen LogP contribution is 2.32. The number of pyridine rings is 1. The van der Waals surface area contributed by atoms with Gasteiger partial charge < -0.3 is 14.7 Å². The number of benzene rings is 2. The third-order valence-corrected chi connectivity index (χ3v) is 5.42. The van der Waals surface area contributed by atoms with Crippen molar-refractivity contribution in [3.8, 4) is 22.9 Å². The minimum Gasteiger partial charge on any atom is -0.497 e. The maximum Gasteiger partial charge on any atom is 0.490 e. The molecule has 0 amide bonds. The van der Waals surface area contributed by atoms with Crippen molar-refractivity contribution in [3.05, 3.63) is 64.6 Å². The molecule has 0 bridgehead atoms. The molecule has 186 valence electrons. The maximum atomic E-state index is 13.2. The van der Waals surface area contributed by atoms with Crippen molar-refractivity contribution in [2.75, 3.05) is 26.7 Å². The first-order valence-electron chi connectivity index (χ1n) is 10.8. The number of nitrogens with zero attached hydrogens (tertiary/aromatic N) is 3. The van der Waals surface area contributed by atoms with E-state index in [0.29, 0.717) is 23.4 Å². The number of hydrogen-bond donors (Lipinski definition) is 1. The first-order chi connectivity index (χ1) is 16.6. The molecule has 0 saturated carbocycles. The molecule has 3 aromatic rings. The van der Waals surface area contributed by atoms with E-state index in [0.717, 1.165) is 36.1 Å². The smallest absolute Gasteiger partial charge is 0.490 e. The normalized spacial score (nSPS) is 11.0. The monoisotopic (exact) mass is 489 g/mol. The summed E-state index contributed by atoms with van der Waals surface area (Å²) in [5.74, 6) is -2.10. The first-order valence-corrected chi connectivity index (χ1v) is 10.8. The Bertz CT molecular complexity index is 1260. The predicted octanol–water partition coefficient (Wildman–Crippen LogP) is 4.52. The summed E-state index contributed by atoms with van der Waals surface area (Å²) >= 11 is 0. The van der Waals surface area contributed by atoms with E-state index in [1.165, 1.54) is 0 Å². The van der Waals surface area contributed by atoms with E-state index in [4.69, 9.17) is 14.6 Å². The number of alkyl halides is 3. The molecule has 2 aromatic carbocycles. The van der Waals surface area contributed by atoms with Crippen molar-refractivity contribution in [1.29, 1.82) is 5.26 Å². The molecule has 0 radical (unpaired) electrons. The van der Waals surface area contributed by atoms with Gasteiger partial charge >= 0.3 is 12.1 Å². The van der Waals surface area contributed by atoms with Crippen LogP contribution >= 0.6 is 0 Å². The second-order valence-corrected chi connectivity index (χ2v) is 7.40. The lowest BCUT2D eigenvalue weighted by atomic mass is 9.97. The molecule has 0 fully saturated rings. The molecule has 10 heteroatoms. The predicted molar refractivity (Wildman–Crippen MR) is 126 cm³/mol. The average molecular weight is 489 g/mol. The topological polar surface area (TPSA) is 95.6 Å². The van der Waals surface area contributed by atoms with Gasteiger partial charge in [-0.1, -0.05) is 44.2 Å². The quantitative estimate of drug-likeness (QED) is 0.524. The molecule has 0 aliphatic heterocycles. The van der Waals surface area contributed by atoms with E-state index in [1.54, 1.807) is 23.8 Å². The highest BCUT2D eigenvalue weighted by molar-refractivity contribution is 5.99. The Morgan fingerprint density at radius 2 is 1.71 bits per heavy atom. The van der Waals surface area contributed by atoms with Crippen LogP contribution in [0.1, 0.15) is 19.5 Å². The SMILES string of the molecule is CCN(CC)CCn1c(C#N)c(-c2ccccc2)c2cc(OC)ccc2c1=O.O=C(O)C(F)(F)F. The Morgan fingerprint density at radius 1 is 1.11 bits per heavy atom.